The van der Waals surface area contributed by atoms with Gasteiger partial charge in [0.1, 0.15) is 0 Å². The van der Waals surface area contributed by atoms with Crippen LogP contribution in [0.25, 0.3) is 0 Å². The molecule has 0 spiro atoms. The first kappa shape index (κ1) is 9.08. The van der Waals surface area contributed by atoms with E-state index in [1.807, 2.05) is 5.38 Å². The van der Waals surface area contributed by atoms with Crippen molar-refractivity contribution < 1.29 is 9.84 Å². The zero-order chi connectivity index (χ0) is 9.10. The first-order valence-electron chi connectivity index (χ1n) is 4.22. The Morgan fingerprint density at radius 2 is 2.62 bits per heavy atom. The Labute approximate surface area is 80.6 Å². The van der Waals surface area contributed by atoms with Crippen molar-refractivity contribution in [2.24, 2.45) is 0 Å². The summed E-state index contributed by atoms with van der Waals surface area (Å²) in [5.74, 6) is 0. The van der Waals surface area contributed by atoms with Crippen molar-refractivity contribution >= 4 is 11.3 Å². The molecule has 1 fully saturated rings. The van der Waals surface area contributed by atoms with Crippen molar-refractivity contribution in [2.75, 3.05) is 13.2 Å². The van der Waals surface area contributed by atoms with Crippen LogP contribution in [0.4, 0.5) is 0 Å². The summed E-state index contributed by atoms with van der Waals surface area (Å²) in [6.45, 7) is 1.73. The van der Waals surface area contributed by atoms with E-state index < -0.39 is 0 Å². The van der Waals surface area contributed by atoms with E-state index in [-0.39, 0.29) is 12.1 Å². The molecule has 0 amide bonds. The van der Waals surface area contributed by atoms with Crippen LogP contribution in [0, 0.1) is 0 Å². The van der Waals surface area contributed by atoms with Gasteiger partial charge >= 0.3 is 0 Å². The number of rotatable bonds is 3. The van der Waals surface area contributed by atoms with E-state index in [0.717, 1.165) is 5.69 Å². The molecule has 13 heavy (non-hydrogen) atoms. The van der Waals surface area contributed by atoms with Gasteiger partial charge in [-0.3, -0.25) is 0 Å². The van der Waals surface area contributed by atoms with Gasteiger partial charge in [-0.25, -0.2) is 4.98 Å². The molecule has 0 aliphatic carbocycles. The van der Waals surface area contributed by atoms with Gasteiger partial charge in [-0.1, -0.05) is 0 Å². The highest BCUT2D eigenvalue weighted by atomic mass is 32.1. The Balaban J connectivity index is 1.79. The third-order valence-corrected chi connectivity index (χ3v) is 2.71. The molecule has 72 valence electrons. The van der Waals surface area contributed by atoms with Crippen molar-refractivity contribution in [3.63, 3.8) is 0 Å². The number of nitrogens with one attached hydrogen (secondary N) is 1. The van der Waals surface area contributed by atoms with E-state index in [9.17, 15) is 5.11 Å². The van der Waals surface area contributed by atoms with E-state index in [2.05, 4.69) is 10.3 Å². The second-order valence-corrected chi connectivity index (χ2v) is 3.79. The third-order valence-electron chi connectivity index (χ3n) is 2.08. The molecule has 0 radical (unpaired) electrons. The number of aliphatic hydroxyl groups excluding tert-OH is 1. The zero-order valence-corrected chi connectivity index (χ0v) is 7.96. The predicted molar refractivity (Wildman–Crippen MR) is 49.6 cm³/mol. The van der Waals surface area contributed by atoms with Crippen molar-refractivity contribution in [1.29, 1.82) is 0 Å². The Kier molecular flexibility index (Phi) is 2.90. The molecule has 2 rings (SSSR count). The molecule has 0 saturated carbocycles. The summed E-state index contributed by atoms with van der Waals surface area (Å²) < 4.78 is 5.11. The summed E-state index contributed by atoms with van der Waals surface area (Å²) in [7, 11) is 0. The van der Waals surface area contributed by atoms with E-state index in [1.165, 1.54) is 0 Å². The van der Waals surface area contributed by atoms with Gasteiger partial charge in [0.2, 0.25) is 0 Å². The average molecular weight is 200 g/mol. The molecule has 1 aromatic rings. The zero-order valence-electron chi connectivity index (χ0n) is 7.14. The van der Waals surface area contributed by atoms with Gasteiger partial charge in [-0.15, -0.1) is 11.3 Å². The highest BCUT2D eigenvalue weighted by molar-refractivity contribution is 7.07. The summed E-state index contributed by atoms with van der Waals surface area (Å²) in [5.41, 5.74) is 2.82. The molecule has 2 unspecified atom stereocenters. The third kappa shape index (κ3) is 2.25. The van der Waals surface area contributed by atoms with Crippen molar-refractivity contribution in [1.82, 2.24) is 10.3 Å². The summed E-state index contributed by atoms with van der Waals surface area (Å²) in [6, 6.07) is 0.0571. The van der Waals surface area contributed by atoms with Gasteiger partial charge in [0, 0.05) is 11.9 Å². The number of hydrogen-bond acceptors (Lipinski definition) is 5. The number of hydrogen-bond donors (Lipinski definition) is 2. The summed E-state index contributed by atoms with van der Waals surface area (Å²) in [4.78, 5) is 4.14. The van der Waals surface area contributed by atoms with Crippen LogP contribution < -0.4 is 5.32 Å². The Morgan fingerprint density at radius 3 is 3.23 bits per heavy atom. The quantitative estimate of drug-likeness (QED) is 0.720. The largest absolute Gasteiger partial charge is 0.389 e. The Bertz CT molecular complexity index is 253. The number of aliphatic hydroxyl groups is 1. The monoisotopic (exact) mass is 200 g/mol. The second kappa shape index (κ2) is 4.15. The topological polar surface area (TPSA) is 54.4 Å². The van der Waals surface area contributed by atoms with Crippen molar-refractivity contribution in [3.05, 3.63) is 16.6 Å². The molecule has 0 aromatic carbocycles. The van der Waals surface area contributed by atoms with Gasteiger partial charge < -0.3 is 15.2 Å². The van der Waals surface area contributed by atoms with E-state index in [4.69, 9.17) is 4.74 Å². The molecule has 1 aliphatic heterocycles. The first-order valence-corrected chi connectivity index (χ1v) is 5.17. The molecule has 4 nitrogen and oxygen atoms in total. The smallest absolute Gasteiger partial charge is 0.0948 e. The molecule has 2 N–H and O–H groups in total. The molecule has 1 aromatic heterocycles. The van der Waals surface area contributed by atoms with E-state index in [0.29, 0.717) is 19.8 Å². The SMILES string of the molecule is OC1COCC1NCc1cscn1. The highest BCUT2D eigenvalue weighted by Gasteiger charge is 2.25. The van der Waals surface area contributed by atoms with Crippen LogP contribution in [-0.2, 0) is 11.3 Å². The van der Waals surface area contributed by atoms with Crippen molar-refractivity contribution in [2.45, 2.75) is 18.7 Å². The number of nitrogens with zero attached hydrogens (tertiary/aromatic N) is 1. The van der Waals surface area contributed by atoms with Gasteiger partial charge in [0.05, 0.1) is 36.6 Å². The molecule has 2 heterocycles. The fourth-order valence-electron chi connectivity index (χ4n) is 1.30. The summed E-state index contributed by atoms with van der Waals surface area (Å²) >= 11 is 1.58. The van der Waals surface area contributed by atoms with Gasteiger partial charge in [0.15, 0.2) is 0 Å². The maximum absolute atomic E-state index is 9.41. The normalized spacial score (nSPS) is 28.1. The van der Waals surface area contributed by atoms with Crippen LogP contribution in [-0.4, -0.2) is 35.5 Å². The van der Waals surface area contributed by atoms with Crippen molar-refractivity contribution in [3.8, 4) is 0 Å². The number of ether oxygens (including phenoxy) is 1. The summed E-state index contributed by atoms with van der Waals surface area (Å²) in [5, 5.41) is 14.6. The van der Waals surface area contributed by atoms with Gasteiger partial charge in [-0.2, -0.15) is 0 Å². The average Bonchev–Trinajstić information content (AvgIpc) is 2.72. The van der Waals surface area contributed by atoms with E-state index >= 15 is 0 Å². The number of thiazole rings is 1. The predicted octanol–water partition coefficient (Wildman–Crippen LogP) is -0.00760. The van der Waals surface area contributed by atoms with Crippen LogP contribution in [0.5, 0.6) is 0 Å². The maximum atomic E-state index is 9.41. The van der Waals surface area contributed by atoms with Crippen LogP contribution in [0.15, 0.2) is 10.9 Å². The molecule has 1 saturated heterocycles. The number of aromatic nitrogens is 1. The standard InChI is InChI=1S/C8H12N2O2S/c11-8-3-12-2-7(8)9-1-6-4-13-5-10-6/h4-5,7-9,11H,1-3H2. The van der Waals surface area contributed by atoms with Gasteiger partial charge in [-0.05, 0) is 0 Å². The first-order chi connectivity index (χ1) is 6.36. The minimum Gasteiger partial charge on any atom is -0.389 e. The fourth-order valence-corrected chi connectivity index (χ4v) is 1.86. The molecule has 0 bridgehead atoms. The Hall–Kier alpha value is -0.490. The van der Waals surface area contributed by atoms with E-state index in [1.54, 1.807) is 16.8 Å². The van der Waals surface area contributed by atoms with Crippen LogP contribution in [0.2, 0.25) is 0 Å². The lowest BCUT2D eigenvalue weighted by Crippen LogP contribution is -2.38. The molecular weight excluding hydrogens is 188 g/mol. The molecule has 2 atom stereocenters. The highest BCUT2D eigenvalue weighted by Crippen LogP contribution is 2.07. The minimum absolute atomic E-state index is 0.0571. The van der Waals surface area contributed by atoms with Crippen LogP contribution >= 0.6 is 11.3 Å². The molecule has 1 aliphatic rings. The summed E-state index contributed by atoms with van der Waals surface area (Å²) in [6.07, 6.45) is -0.376. The Morgan fingerprint density at radius 1 is 1.69 bits per heavy atom. The lowest BCUT2D eigenvalue weighted by molar-refractivity contribution is 0.122. The molecular formula is C8H12N2O2S. The lowest BCUT2D eigenvalue weighted by Gasteiger charge is -2.12. The lowest BCUT2D eigenvalue weighted by atomic mass is 10.2. The van der Waals surface area contributed by atoms with Crippen LogP contribution in [0.3, 0.4) is 0 Å². The van der Waals surface area contributed by atoms with Crippen LogP contribution in [0.1, 0.15) is 5.69 Å². The maximum Gasteiger partial charge on any atom is 0.0948 e. The molecule has 5 heteroatoms. The second-order valence-electron chi connectivity index (χ2n) is 3.07. The van der Waals surface area contributed by atoms with Gasteiger partial charge in [0.25, 0.3) is 0 Å². The fraction of sp³-hybridized carbons (Fsp3) is 0.625. The minimum atomic E-state index is -0.376.